The maximum absolute atomic E-state index is 12.7. The van der Waals surface area contributed by atoms with Crippen LogP contribution >= 0.6 is 0 Å². The van der Waals surface area contributed by atoms with Gasteiger partial charge in [-0.2, -0.15) is 5.10 Å². The number of aromatic nitrogens is 5. The van der Waals surface area contributed by atoms with Crippen molar-refractivity contribution >= 4 is 34.6 Å². The smallest absolute Gasteiger partial charge is 0.258 e. The Labute approximate surface area is 236 Å². The van der Waals surface area contributed by atoms with Gasteiger partial charge in [0, 0.05) is 68.0 Å². The largest absolute Gasteiger partial charge is 0.456 e. The Morgan fingerprint density at radius 3 is 2.68 bits per heavy atom. The van der Waals surface area contributed by atoms with Gasteiger partial charge in [-0.3, -0.25) is 24.9 Å². The fraction of sp³-hybridized carbons (Fsp3) is 0.310. The van der Waals surface area contributed by atoms with E-state index >= 15 is 0 Å². The molecule has 0 bridgehead atoms. The number of nitrogens with one attached hydrogen (secondary N) is 3. The molecule has 4 aromatic rings. The van der Waals surface area contributed by atoms with Gasteiger partial charge in [0.25, 0.3) is 5.91 Å². The van der Waals surface area contributed by atoms with E-state index in [-0.39, 0.29) is 23.8 Å². The SMILES string of the molecule is CN(CC=CC(=O)N1CC[C@@H](Nc2n[nH]c3nccc(Oc4ccc(C(=O)Nc5ncccn5)cc4)c23)C1)C1CC1. The summed E-state index contributed by atoms with van der Waals surface area (Å²) in [6.07, 6.45) is 11.7. The van der Waals surface area contributed by atoms with Crippen molar-refractivity contribution in [2.75, 3.05) is 37.3 Å². The fourth-order valence-electron chi connectivity index (χ4n) is 4.81. The Balaban J connectivity index is 1.09. The van der Waals surface area contributed by atoms with E-state index < -0.39 is 0 Å². The fourth-order valence-corrected chi connectivity index (χ4v) is 4.81. The number of hydrogen-bond donors (Lipinski definition) is 3. The minimum atomic E-state index is -0.319. The van der Waals surface area contributed by atoms with Crippen molar-refractivity contribution < 1.29 is 14.3 Å². The number of fused-ring (bicyclic) bond motifs is 1. The highest BCUT2D eigenvalue weighted by molar-refractivity contribution is 6.03. The highest BCUT2D eigenvalue weighted by Crippen LogP contribution is 2.33. The zero-order valence-corrected chi connectivity index (χ0v) is 22.7. The van der Waals surface area contributed by atoms with Crippen LogP contribution in [0.5, 0.6) is 11.5 Å². The molecule has 6 rings (SSSR count). The van der Waals surface area contributed by atoms with Crippen molar-refractivity contribution in [1.29, 1.82) is 0 Å². The molecule has 2 amide bonds. The zero-order chi connectivity index (χ0) is 28.2. The van der Waals surface area contributed by atoms with Gasteiger partial charge < -0.3 is 15.0 Å². The van der Waals surface area contributed by atoms with E-state index in [0.717, 1.165) is 13.0 Å². The van der Waals surface area contributed by atoms with Crippen LogP contribution in [0.25, 0.3) is 11.0 Å². The highest BCUT2D eigenvalue weighted by Gasteiger charge is 2.27. The first-order valence-electron chi connectivity index (χ1n) is 13.6. The predicted octanol–water partition coefficient (Wildman–Crippen LogP) is 3.46. The lowest BCUT2D eigenvalue weighted by atomic mass is 10.2. The van der Waals surface area contributed by atoms with E-state index in [1.54, 1.807) is 61.1 Å². The van der Waals surface area contributed by atoms with Gasteiger partial charge in [-0.05, 0) is 56.6 Å². The van der Waals surface area contributed by atoms with Gasteiger partial charge in [0.2, 0.25) is 11.9 Å². The molecule has 1 saturated carbocycles. The second kappa shape index (κ2) is 11.7. The number of H-pyrrole nitrogens is 1. The Hall–Kier alpha value is -4.84. The van der Waals surface area contributed by atoms with Crippen LogP contribution in [0.2, 0.25) is 0 Å². The first kappa shape index (κ1) is 26.4. The molecular formula is C29H31N9O3. The van der Waals surface area contributed by atoms with Crippen LogP contribution in [-0.4, -0.2) is 85.5 Å². The number of hydrogen-bond acceptors (Lipinski definition) is 9. The quantitative estimate of drug-likeness (QED) is 0.252. The zero-order valence-electron chi connectivity index (χ0n) is 22.7. The van der Waals surface area contributed by atoms with E-state index in [4.69, 9.17) is 4.74 Å². The minimum Gasteiger partial charge on any atom is -0.456 e. The Bertz CT molecular complexity index is 1550. The third-order valence-electron chi connectivity index (χ3n) is 7.22. The van der Waals surface area contributed by atoms with Crippen molar-refractivity contribution in [3.05, 3.63) is 72.7 Å². The van der Waals surface area contributed by atoms with E-state index in [1.165, 1.54) is 12.8 Å². The predicted molar refractivity (Wildman–Crippen MR) is 154 cm³/mol. The van der Waals surface area contributed by atoms with Crippen molar-refractivity contribution in [1.82, 2.24) is 34.9 Å². The lowest BCUT2D eigenvalue weighted by molar-refractivity contribution is -0.125. The number of rotatable bonds is 10. The van der Waals surface area contributed by atoms with E-state index in [2.05, 4.69) is 47.7 Å². The monoisotopic (exact) mass is 553 g/mol. The van der Waals surface area contributed by atoms with Crippen LogP contribution in [0.3, 0.4) is 0 Å². The van der Waals surface area contributed by atoms with Crippen molar-refractivity contribution in [2.24, 2.45) is 0 Å². The molecule has 0 unspecified atom stereocenters. The Morgan fingerprint density at radius 2 is 1.90 bits per heavy atom. The molecule has 3 N–H and O–H groups in total. The van der Waals surface area contributed by atoms with Crippen molar-refractivity contribution in [3.63, 3.8) is 0 Å². The Kier molecular flexibility index (Phi) is 7.54. The van der Waals surface area contributed by atoms with Crippen molar-refractivity contribution in [3.8, 4) is 11.5 Å². The number of nitrogens with zero attached hydrogens (tertiary/aromatic N) is 6. The lowest BCUT2D eigenvalue weighted by Gasteiger charge is -2.16. The summed E-state index contributed by atoms with van der Waals surface area (Å²) in [6, 6.07) is 10.9. The summed E-state index contributed by atoms with van der Waals surface area (Å²) in [5, 5.41) is 14.2. The van der Waals surface area contributed by atoms with Gasteiger partial charge in [-0.1, -0.05) is 6.08 Å². The molecular weight excluding hydrogens is 522 g/mol. The standard InChI is InChI=1S/C29H31N9O3/c1-37(21-7-8-21)16-2-4-24(39)38-17-12-20(18-38)33-27-25-23(11-15-30-26(25)35-36-27)41-22-9-5-19(6-10-22)28(40)34-29-31-13-3-14-32-29/h2-6,9-11,13-15,20-21H,7-8,12,16-18H2,1H3,(H2,30,33,35,36)(H,31,32,34,40)/t20-/m1/s1. The third kappa shape index (κ3) is 6.33. The number of likely N-dealkylation sites (tertiary alicyclic amines) is 1. The molecule has 41 heavy (non-hydrogen) atoms. The van der Waals surface area contributed by atoms with E-state index in [0.29, 0.717) is 53.0 Å². The lowest BCUT2D eigenvalue weighted by Crippen LogP contribution is -2.30. The van der Waals surface area contributed by atoms with Gasteiger partial charge >= 0.3 is 0 Å². The van der Waals surface area contributed by atoms with Crippen LogP contribution in [0.4, 0.5) is 11.8 Å². The van der Waals surface area contributed by atoms with Crippen molar-refractivity contribution in [2.45, 2.75) is 31.3 Å². The van der Waals surface area contributed by atoms with E-state index in [9.17, 15) is 9.59 Å². The molecule has 1 aliphatic carbocycles. The third-order valence-corrected chi connectivity index (χ3v) is 7.22. The molecule has 1 aromatic carbocycles. The number of carbonyl (C=O) groups is 2. The maximum atomic E-state index is 12.7. The molecule has 1 saturated heterocycles. The van der Waals surface area contributed by atoms with Gasteiger partial charge in [0.05, 0.1) is 0 Å². The number of ether oxygens (including phenoxy) is 1. The molecule has 0 spiro atoms. The highest BCUT2D eigenvalue weighted by atomic mass is 16.5. The average Bonchev–Trinajstić information content (AvgIpc) is 3.61. The summed E-state index contributed by atoms with van der Waals surface area (Å²) in [5.74, 6) is 1.68. The summed E-state index contributed by atoms with van der Waals surface area (Å²) in [4.78, 5) is 41.8. The normalized spacial score (nSPS) is 16.9. The molecule has 0 radical (unpaired) electrons. The van der Waals surface area contributed by atoms with E-state index in [1.807, 2.05) is 11.0 Å². The molecule has 2 aliphatic rings. The second-order valence-corrected chi connectivity index (χ2v) is 10.2. The summed E-state index contributed by atoms with van der Waals surface area (Å²) in [6.45, 7) is 2.06. The van der Waals surface area contributed by atoms with Gasteiger partial charge in [-0.15, -0.1) is 0 Å². The number of carbonyl (C=O) groups excluding carboxylic acids is 2. The minimum absolute atomic E-state index is 0.0319. The first-order valence-corrected chi connectivity index (χ1v) is 13.6. The first-order chi connectivity index (χ1) is 20.0. The van der Waals surface area contributed by atoms with Crippen LogP contribution in [0, 0.1) is 0 Å². The second-order valence-electron chi connectivity index (χ2n) is 10.2. The van der Waals surface area contributed by atoms with Crippen LogP contribution in [0.1, 0.15) is 29.6 Å². The summed E-state index contributed by atoms with van der Waals surface area (Å²) < 4.78 is 6.18. The molecule has 4 heterocycles. The van der Waals surface area contributed by atoms with Gasteiger partial charge in [-0.25, -0.2) is 15.0 Å². The molecule has 2 fully saturated rings. The van der Waals surface area contributed by atoms with Gasteiger partial charge in [0.1, 0.15) is 16.9 Å². The molecule has 12 heteroatoms. The number of aromatic amines is 1. The molecule has 1 atom stereocenters. The number of pyridine rings is 1. The average molecular weight is 554 g/mol. The summed E-state index contributed by atoms with van der Waals surface area (Å²) in [5.41, 5.74) is 1.03. The maximum Gasteiger partial charge on any atom is 0.258 e. The number of benzene rings is 1. The molecule has 3 aromatic heterocycles. The van der Waals surface area contributed by atoms with Crippen LogP contribution in [-0.2, 0) is 4.79 Å². The molecule has 12 nitrogen and oxygen atoms in total. The topological polar surface area (TPSA) is 141 Å². The number of amides is 2. The summed E-state index contributed by atoms with van der Waals surface area (Å²) >= 11 is 0. The molecule has 210 valence electrons. The number of anilines is 2. The number of likely N-dealkylation sites (N-methyl/N-ethyl adjacent to an activating group) is 1. The van der Waals surface area contributed by atoms with Gasteiger partial charge in [0.15, 0.2) is 11.5 Å². The summed E-state index contributed by atoms with van der Waals surface area (Å²) in [7, 11) is 2.10. The van der Waals surface area contributed by atoms with Crippen LogP contribution in [0.15, 0.2) is 67.1 Å². The molecule has 1 aliphatic heterocycles. The van der Waals surface area contributed by atoms with Crippen LogP contribution < -0.4 is 15.4 Å². The Morgan fingerprint density at radius 1 is 1.10 bits per heavy atom.